The van der Waals surface area contributed by atoms with Gasteiger partial charge in [0, 0.05) is 24.4 Å². The minimum Gasteiger partial charge on any atom is -0.389 e. The van der Waals surface area contributed by atoms with Crippen molar-refractivity contribution in [3.8, 4) is 0 Å². The summed E-state index contributed by atoms with van der Waals surface area (Å²) in [4.78, 5) is 0.417. The van der Waals surface area contributed by atoms with Gasteiger partial charge in [0.1, 0.15) is 4.99 Å². The molecule has 1 rings (SSSR count). The molecule has 0 heterocycles. The second-order valence-electron chi connectivity index (χ2n) is 4.01. The van der Waals surface area contributed by atoms with E-state index in [1.807, 2.05) is 39.0 Å². The predicted molar refractivity (Wildman–Crippen MR) is 76.6 cm³/mol. The highest BCUT2D eigenvalue weighted by atomic mass is 32.1. The molecule has 0 spiro atoms. The maximum atomic E-state index is 5.71. The maximum Gasteiger partial charge on any atom is 0.106 e. The molecule has 4 heteroatoms. The number of nitrogens with one attached hydrogen (secondary N) is 1. The van der Waals surface area contributed by atoms with Crippen molar-refractivity contribution in [1.29, 1.82) is 0 Å². The molecule has 94 valence electrons. The first-order valence-corrected chi connectivity index (χ1v) is 6.22. The minimum atomic E-state index is 0.166. The Bertz CT molecular complexity index is 393. The molecule has 0 fully saturated rings. The van der Waals surface area contributed by atoms with Crippen LogP contribution in [0.5, 0.6) is 0 Å². The zero-order valence-electron chi connectivity index (χ0n) is 10.6. The fourth-order valence-electron chi connectivity index (χ4n) is 1.70. The van der Waals surface area contributed by atoms with Gasteiger partial charge in [0.05, 0.1) is 6.10 Å². The van der Waals surface area contributed by atoms with Gasteiger partial charge in [0.15, 0.2) is 0 Å². The van der Waals surface area contributed by atoms with Gasteiger partial charge in [-0.3, -0.25) is 0 Å². The number of ether oxygens (including phenoxy) is 1. The first kappa shape index (κ1) is 13.9. The number of hydrogen-bond donors (Lipinski definition) is 2. The first-order chi connectivity index (χ1) is 8.06. The Hall–Kier alpha value is -1.13. The second-order valence-corrected chi connectivity index (χ2v) is 4.45. The van der Waals surface area contributed by atoms with Crippen LogP contribution in [0.2, 0.25) is 0 Å². The molecule has 0 bridgehead atoms. The average molecular weight is 252 g/mol. The van der Waals surface area contributed by atoms with E-state index in [1.165, 1.54) is 0 Å². The Morgan fingerprint density at radius 2 is 2.24 bits per heavy atom. The van der Waals surface area contributed by atoms with Crippen molar-refractivity contribution < 1.29 is 4.74 Å². The first-order valence-electron chi connectivity index (χ1n) is 5.81. The smallest absolute Gasteiger partial charge is 0.106 e. The van der Waals surface area contributed by atoms with E-state index in [9.17, 15) is 0 Å². The highest BCUT2D eigenvalue weighted by Gasteiger charge is 2.09. The van der Waals surface area contributed by atoms with E-state index in [-0.39, 0.29) is 6.10 Å². The number of para-hydroxylation sites is 1. The summed E-state index contributed by atoms with van der Waals surface area (Å²) in [6, 6.07) is 5.93. The van der Waals surface area contributed by atoms with Crippen molar-refractivity contribution in [2.45, 2.75) is 26.9 Å². The minimum absolute atomic E-state index is 0.166. The van der Waals surface area contributed by atoms with Gasteiger partial charge in [-0.05, 0) is 32.4 Å². The highest BCUT2D eigenvalue weighted by Crippen LogP contribution is 2.20. The Morgan fingerprint density at radius 1 is 1.53 bits per heavy atom. The van der Waals surface area contributed by atoms with Crippen LogP contribution in [0.15, 0.2) is 18.2 Å². The molecule has 1 aromatic rings. The van der Waals surface area contributed by atoms with Crippen molar-refractivity contribution in [3.63, 3.8) is 0 Å². The van der Waals surface area contributed by atoms with Crippen LogP contribution in [-0.4, -0.2) is 24.2 Å². The van der Waals surface area contributed by atoms with Gasteiger partial charge in [-0.25, -0.2) is 0 Å². The fourth-order valence-corrected chi connectivity index (χ4v) is 1.87. The lowest BCUT2D eigenvalue weighted by molar-refractivity contribution is 0.0855. The average Bonchev–Trinajstić information content (AvgIpc) is 2.27. The van der Waals surface area contributed by atoms with Gasteiger partial charge in [-0.15, -0.1) is 0 Å². The molecule has 3 N–H and O–H groups in total. The summed E-state index contributed by atoms with van der Waals surface area (Å²) in [7, 11) is 0. The van der Waals surface area contributed by atoms with Crippen LogP contribution < -0.4 is 11.1 Å². The summed E-state index contributed by atoms with van der Waals surface area (Å²) >= 11 is 5.05. The maximum absolute atomic E-state index is 5.71. The zero-order chi connectivity index (χ0) is 12.8. The van der Waals surface area contributed by atoms with Gasteiger partial charge in [-0.2, -0.15) is 0 Å². The molecule has 0 aromatic heterocycles. The molecule has 1 atom stereocenters. The lowest BCUT2D eigenvalue weighted by atomic mass is 10.1. The van der Waals surface area contributed by atoms with Gasteiger partial charge >= 0.3 is 0 Å². The molecule has 1 unspecified atom stereocenters. The van der Waals surface area contributed by atoms with Gasteiger partial charge in [0.25, 0.3) is 0 Å². The van der Waals surface area contributed by atoms with E-state index < -0.39 is 0 Å². The number of aryl methyl sites for hydroxylation is 1. The van der Waals surface area contributed by atoms with E-state index in [4.69, 9.17) is 22.7 Å². The molecule has 1 aromatic carbocycles. The summed E-state index contributed by atoms with van der Waals surface area (Å²) < 4.78 is 5.48. The van der Waals surface area contributed by atoms with Crippen LogP contribution in [0.3, 0.4) is 0 Å². The molecule has 0 aliphatic heterocycles. The van der Waals surface area contributed by atoms with Crippen LogP contribution in [0.1, 0.15) is 25.0 Å². The van der Waals surface area contributed by atoms with Crippen molar-refractivity contribution in [1.82, 2.24) is 0 Å². The fraction of sp³-hybridized carbons (Fsp3) is 0.462. The quantitative estimate of drug-likeness (QED) is 0.764. The second kappa shape index (κ2) is 6.57. The van der Waals surface area contributed by atoms with Gasteiger partial charge < -0.3 is 15.8 Å². The molecule has 3 nitrogen and oxygen atoms in total. The topological polar surface area (TPSA) is 47.3 Å². The Morgan fingerprint density at radius 3 is 2.82 bits per heavy atom. The standard InChI is InChI=1S/C13H20N2OS/c1-4-16-10(3)8-15-12-9(2)6-5-7-11(12)13(14)17/h5-7,10,15H,4,8H2,1-3H3,(H2,14,17). The van der Waals surface area contributed by atoms with Crippen LogP contribution in [0, 0.1) is 6.92 Å². The summed E-state index contributed by atoms with van der Waals surface area (Å²) in [5.74, 6) is 0. The lowest BCUT2D eigenvalue weighted by Crippen LogP contribution is -2.22. The number of hydrogen-bond acceptors (Lipinski definition) is 3. The summed E-state index contributed by atoms with van der Waals surface area (Å²) in [5.41, 5.74) is 8.75. The largest absolute Gasteiger partial charge is 0.389 e. The van der Waals surface area contributed by atoms with Crippen LogP contribution >= 0.6 is 12.2 Å². The number of benzene rings is 1. The van der Waals surface area contributed by atoms with Gasteiger partial charge in [0.2, 0.25) is 0 Å². The Balaban J connectivity index is 2.79. The molecule has 0 saturated carbocycles. The number of anilines is 1. The normalized spacial score (nSPS) is 12.2. The lowest BCUT2D eigenvalue weighted by Gasteiger charge is -2.17. The molecular weight excluding hydrogens is 232 g/mol. The molecular formula is C13H20N2OS. The highest BCUT2D eigenvalue weighted by molar-refractivity contribution is 7.80. The molecule has 0 saturated heterocycles. The molecule has 0 radical (unpaired) electrons. The number of thiocarbonyl (C=S) groups is 1. The third-order valence-corrected chi connectivity index (χ3v) is 2.78. The van der Waals surface area contributed by atoms with Crippen molar-refractivity contribution in [2.24, 2.45) is 5.73 Å². The molecule has 17 heavy (non-hydrogen) atoms. The van der Waals surface area contributed by atoms with Crippen LogP contribution in [0.4, 0.5) is 5.69 Å². The predicted octanol–water partition coefficient (Wildman–Crippen LogP) is 2.47. The molecule has 0 amide bonds. The SMILES string of the molecule is CCOC(C)CNc1c(C)cccc1C(N)=S. The van der Waals surface area contributed by atoms with Gasteiger partial charge in [-0.1, -0.05) is 24.4 Å². The molecule has 0 aliphatic rings. The Kier molecular flexibility index (Phi) is 5.38. The van der Waals surface area contributed by atoms with Crippen molar-refractivity contribution >= 4 is 22.9 Å². The summed E-state index contributed by atoms with van der Waals surface area (Å²) in [5, 5.41) is 3.35. The summed E-state index contributed by atoms with van der Waals surface area (Å²) in [6.45, 7) is 7.53. The van der Waals surface area contributed by atoms with Crippen molar-refractivity contribution in [3.05, 3.63) is 29.3 Å². The van der Waals surface area contributed by atoms with Crippen LogP contribution in [0.25, 0.3) is 0 Å². The van der Waals surface area contributed by atoms with E-state index in [1.54, 1.807) is 0 Å². The third-order valence-electron chi connectivity index (χ3n) is 2.56. The monoisotopic (exact) mass is 252 g/mol. The number of rotatable bonds is 6. The zero-order valence-corrected chi connectivity index (χ0v) is 11.4. The van der Waals surface area contributed by atoms with E-state index >= 15 is 0 Å². The summed E-state index contributed by atoms with van der Waals surface area (Å²) in [6.07, 6.45) is 0.166. The molecule has 0 aliphatic carbocycles. The number of nitrogens with two attached hydrogens (primary N) is 1. The van der Waals surface area contributed by atoms with E-state index in [2.05, 4.69) is 5.32 Å². The van der Waals surface area contributed by atoms with E-state index in [0.717, 1.165) is 30.0 Å². The van der Waals surface area contributed by atoms with Crippen molar-refractivity contribution in [2.75, 3.05) is 18.5 Å². The van der Waals surface area contributed by atoms with Crippen LogP contribution in [-0.2, 0) is 4.74 Å². The Labute approximate surface area is 108 Å². The van der Waals surface area contributed by atoms with E-state index in [0.29, 0.717) is 4.99 Å². The third kappa shape index (κ3) is 3.98.